The van der Waals surface area contributed by atoms with E-state index in [-0.39, 0.29) is 24.6 Å². The molecule has 2 aromatic rings. The van der Waals surface area contributed by atoms with E-state index in [0.29, 0.717) is 31.0 Å². The molecule has 1 aromatic carbocycles. The van der Waals surface area contributed by atoms with Crippen LogP contribution in [0.1, 0.15) is 24.1 Å². The Labute approximate surface area is 138 Å². The van der Waals surface area contributed by atoms with Crippen molar-refractivity contribution in [1.29, 1.82) is 0 Å². The number of nitrogens with zero attached hydrogens (tertiary/aromatic N) is 2. The van der Waals surface area contributed by atoms with Gasteiger partial charge in [0.05, 0.1) is 20.1 Å². The molecule has 0 saturated carbocycles. The van der Waals surface area contributed by atoms with Gasteiger partial charge in [-0.25, -0.2) is 4.39 Å². The summed E-state index contributed by atoms with van der Waals surface area (Å²) in [5, 5.41) is 4.05. The van der Waals surface area contributed by atoms with Gasteiger partial charge in [-0.05, 0) is 30.7 Å². The van der Waals surface area contributed by atoms with Crippen LogP contribution in [0.2, 0.25) is 0 Å². The lowest BCUT2D eigenvalue weighted by molar-refractivity contribution is -0.143. The highest BCUT2D eigenvalue weighted by atomic mass is 19.1. The van der Waals surface area contributed by atoms with Crippen molar-refractivity contribution in [2.75, 3.05) is 13.7 Å². The van der Waals surface area contributed by atoms with E-state index >= 15 is 0 Å². The fourth-order valence-corrected chi connectivity index (χ4v) is 2.74. The summed E-state index contributed by atoms with van der Waals surface area (Å²) in [6, 6.07) is 6.03. The first-order valence-electron chi connectivity index (χ1n) is 7.66. The van der Waals surface area contributed by atoms with Crippen LogP contribution in [-0.2, 0) is 27.3 Å². The summed E-state index contributed by atoms with van der Waals surface area (Å²) in [6.45, 7) is 0.877. The number of carbonyl (C=O) groups is 2. The second kappa shape index (κ2) is 6.82. The van der Waals surface area contributed by atoms with Crippen LogP contribution < -0.4 is 0 Å². The molecule has 24 heavy (non-hydrogen) atoms. The molecule has 0 spiro atoms. The fourth-order valence-electron chi connectivity index (χ4n) is 2.74. The Bertz CT molecular complexity index is 754. The summed E-state index contributed by atoms with van der Waals surface area (Å²) in [6.07, 6.45) is 0.790. The van der Waals surface area contributed by atoms with Gasteiger partial charge in [0.2, 0.25) is 5.91 Å². The Morgan fingerprint density at radius 2 is 2.04 bits per heavy atom. The highest BCUT2D eigenvalue weighted by molar-refractivity contribution is 5.81. The van der Waals surface area contributed by atoms with Gasteiger partial charge in [0.15, 0.2) is 5.76 Å². The first-order valence-corrected chi connectivity index (χ1v) is 7.66. The highest BCUT2D eigenvalue weighted by Gasteiger charge is 2.27. The van der Waals surface area contributed by atoms with E-state index in [4.69, 9.17) is 4.52 Å². The van der Waals surface area contributed by atoms with Crippen LogP contribution in [0.4, 0.5) is 4.39 Å². The predicted molar refractivity (Wildman–Crippen MR) is 82.3 cm³/mol. The normalized spacial score (nSPS) is 13.5. The third kappa shape index (κ3) is 3.29. The number of methoxy groups -OCH3 is 1. The van der Waals surface area contributed by atoms with Crippen LogP contribution >= 0.6 is 0 Å². The van der Waals surface area contributed by atoms with Gasteiger partial charge in [-0.15, -0.1) is 0 Å². The van der Waals surface area contributed by atoms with Crippen molar-refractivity contribution in [3.05, 3.63) is 41.3 Å². The molecule has 0 aliphatic carbocycles. The van der Waals surface area contributed by atoms with Gasteiger partial charge < -0.3 is 14.2 Å². The highest BCUT2D eigenvalue weighted by Crippen LogP contribution is 2.30. The molecule has 1 aliphatic heterocycles. The van der Waals surface area contributed by atoms with Crippen molar-refractivity contribution < 1.29 is 23.2 Å². The molecule has 0 fully saturated rings. The van der Waals surface area contributed by atoms with Gasteiger partial charge in [-0.2, -0.15) is 0 Å². The fraction of sp³-hybridized carbons (Fsp3) is 0.353. The van der Waals surface area contributed by atoms with Gasteiger partial charge in [0, 0.05) is 24.1 Å². The van der Waals surface area contributed by atoms with Crippen molar-refractivity contribution in [2.24, 2.45) is 0 Å². The number of halogens is 1. The Morgan fingerprint density at radius 3 is 2.75 bits per heavy atom. The number of aromatic nitrogens is 1. The second-order valence-corrected chi connectivity index (χ2v) is 5.59. The number of hydrogen-bond acceptors (Lipinski definition) is 5. The number of fused-ring (bicyclic) bond motifs is 1. The van der Waals surface area contributed by atoms with E-state index in [1.807, 2.05) is 0 Å². The van der Waals surface area contributed by atoms with Crippen LogP contribution in [-0.4, -0.2) is 35.6 Å². The largest absolute Gasteiger partial charge is 0.469 e. The van der Waals surface area contributed by atoms with Crippen molar-refractivity contribution in [3.63, 3.8) is 0 Å². The summed E-state index contributed by atoms with van der Waals surface area (Å²) in [7, 11) is 1.30. The Kier molecular flexibility index (Phi) is 4.59. The minimum Gasteiger partial charge on any atom is -0.469 e. The quantitative estimate of drug-likeness (QED) is 0.804. The molecule has 126 valence electrons. The Balaban J connectivity index is 1.70. The summed E-state index contributed by atoms with van der Waals surface area (Å²) in [4.78, 5) is 25.0. The van der Waals surface area contributed by atoms with Gasteiger partial charge in [0.1, 0.15) is 11.5 Å². The second-order valence-electron chi connectivity index (χ2n) is 5.59. The van der Waals surface area contributed by atoms with Crippen LogP contribution in [0, 0.1) is 5.82 Å². The number of esters is 1. The van der Waals surface area contributed by atoms with Gasteiger partial charge in [0.25, 0.3) is 0 Å². The first kappa shape index (κ1) is 16.2. The van der Waals surface area contributed by atoms with Crippen molar-refractivity contribution in [3.8, 4) is 11.3 Å². The van der Waals surface area contributed by atoms with Crippen LogP contribution in [0.15, 0.2) is 28.8 Å². The standard InChI is InChI=1S/C17H17FN2O4/c1-23-16(22)7-6-15(21)20-9-8-13-14(10-20)19-24-17(13)11-2-4-12(18)5-3-11/h2-5H,6-10H2,1H3. The molecule has 1 aliphatic rings. The van der Waals surface area contributed by atoms with E-state index < -0.39 is 5.97 Å². The number of hydrogen-bond donors (Lipinski definition) is 0. The maximum absolute atomic E-state index is 13.0. The third-order valence-corrected chi connectivity index (χ3v) is 4.07. The smallest absolute Gasteiger partial charge is 0.306 e. The SMILES string of the molecule is COC(=O)CCC(=O)N1CCc2c(noc2-c2ccc(F)cc2)C1. The minimum absolute atomic E-state index is 0.0678. The Morgan fingerprint density at radius 1 is 1.29 bits per heavy atom. The van der Waals surface area contributed by atoms with Gasteiger partial charge in [-0.3, -0.25) is 9.59 Å². The van der Waals surface area contributed by atoms with E-state index in [0.717, 1.165) is 11.1 Å². The molecule has 6 nitrogen and oxygen atoms in total. The maximum atomic E-state index is 13.0. The van der Waals surface area contributed by atoms with Crippen LogP contribution in [0.5, 0.6) is 0 Å². The summed E-state index contributed by atoms with van der Waals surface area (Å²) in [5.41, 5.74) is 2.40. The van der Waals surface area contributed by atoms with E-state index in [9.17, 15) is 14.0 Å². The molecule has 0 saturated heterocycles. The number of amides is 1. The molecule has 7 heteroatoms. The molecule has 1 amide bonds. The number of benzene rings is 1. The van der Waals surface area contributed by atoms with Crippen molar-refractivity contribution in [2.45, 2.75) is 25.8 Å². The van der Waals surface area contributed by atoms with Gasteiger partial charge in [-0.1, -0.05) is 5.16 Å². The molecule has 0 atom stereocenters. The summed E-state index contributed by atoms with van der Waals surface area (Å²) < 4.78 is 23.0. The maximum Gasteiger partial charge on any atom is 0.306 e. The Hall–Kier alpha value is -2.70. The average Bonchev–Trinajstić information content (AvgIpc) is 3.03. The predicted octanol–water partition coefficient (Wildman–Crippen LogP) is 2.32. The van der Waals surface area contributed by atoms with Gasteiger partial charge >= 0.3 is 5.97 Å². The molecular formula is C17H17FN2O4. The first-order chi connectivity index (χ1) is 11.6. The van der Waals surface area contributed by atoms with Crippen molar-refractivity contribution >= 4 is 11.9 Å². The van der Waals surface area contributed by atoms with Crippen LogP contribution in [0.3, 0.4) is 0 Å². The molecular weight excluding hydrogens is 315 g/mol. The molecule has 2 heterocycles. The third-order valence-electron chi connectivity index (χ3n) is 4.07. The molecule has 0 N–H and O–H groups in total. The lowest BCUT2D eigenvalue weighted by Crippen LogP contribution is -2.36. The molecule has 0 unspecified atom stereocenters. The zero-order valence-corrected chi connectivity index (χ0v) is 13.3. The monoisotopic (exact) mass is 332 g/mol. The number of rotatable bonds is 4. The van der Waals surface area contributed by atoms with E-state index in [1.165, 1.54) is 19.2 Å². The number of ether oxygens (including phenoxy) is 1. The minimum atomic E-state index is -0.402. The zero-order chi connectivity index (χ0) is 17.1. The topological polar surface area (TPSA) is 72.6 Å². The lowest BCUT2D eigenvalue weighted by atomic mass is 10.0. The van der Waals surface area contributed by atoms with Crippen molar-refractivity contribution in [1.82, 2.24) is 10.1 Å². The molecule has 1 aromatic heterocycles. The lowest BCUT2D eigenvalue weighted by Gasteiger charge is -2.26. The molecule has 0 radical (unpaired) electrons. The van der Waals surface area contributed by atoms with E-state index in [2.05, 4.69) is 9.89 Å². The molecule has 3 rings (SSSR count). The summed E-state index contributed by atoms with van der Waals surface area (Å²) in [5.74, 6) is -0.209. The molecule has 0 bridgehead atoms. The van der Waals surface area contributed by atoms with E-state index in [1.54, 1.807) is 17.0 Å². The van der Waals surface area contributed by atoms with Crippen LogP contribution in [0.25, 0.3) is 11.3 Å². The zero-order valence-electron chi connectivity index (χ0n) is 13.3. The summed E-state index contributed by atoms with van der Waals surface area (Å²) >= 11 is 0. The number of carbonyl (C=O) groups excluding carboxylic acids is 2. The average molecular weight is 332 g/mol.